The van der Waals surface area contributed by atoms with E-state index in [0.717, 1.165) is 38.2 Å². The number of hydrogen-bond acceptors (Lipinski definition) is 5. The van der Waals surface area contributed by atoms with E-state index in [2.05, 4.69) is 25.5 Å². The van der Waals surface area contributed by atoms with Gasteiger partial charge in [-0.1, -0.05) is 0 Å². The largest absolute Gasteiger partial charge is 0.476 e. The average Bonchev–Trinajstić information content (AvgIpc) is 2.72. The van der Waals surface area contributed by atoms with Crippen molar-refractivity contribution in [3.63, 3.8) is 0 Å². The number of carbonyl (C=O) groups is 1. The van der Waals surface area contributed by atoms with Gasteiger partial charge in [0.25, 0.3) is 0 Å². The van der Waals surface area contributed by atoms with Gasteiger partial charge < -0.3 is 20.3 Å². The Morgan fingerprint density at radius 2 is 2.03 bits per heavy atom. The van der Waals surface area contributed by atoms with Crippen LogP contribution in [0.2, 0.25) is 0 Å². The molecular weight excluding hydrogens is 413 g/mol. The van der Waals surface area contributed by atoms with Crippen molar-refractivity contribution in [1.82, 2.24) is 25.4 Å². The molecule has 0 aliphatic carbocycles. The van der Waals surface area contributed by atoms with E-state index in [1.807, 2.05) is 6.92 Å². The predicted octanol–water partition coefficient (Wildman–Crippen LogP) is 1.59. The molecule has 8 nitrogen and oxygen atoms in total. The minimum absolute atomic E-state index is 0.101. The van der Waals surface area contributed by atoms with Crippen LogP contribution in [-0.4, -0.2) is 86.1 Å². The molecule has 0 spiro atoms. The van der Waals surface area contributed by atoms with Crippen LogP contribution in [0.3, 0.4) is 0 Å². The van der Waals surface area contributed by atoms with Gasteiger partial charge in [0.05, 0.1) is 18.7 Å². The van der Waals surface area contributed by atoms with Crippen molar-refractivity contribution in [2.45, 2.75) is 32.0 Å². The number of amides is 1. The van der Waals surface area contributed by atoms with Gasteiger partial charge in [-0.05, 0) is 25.8 Å². The molecule has 174 valence electrons. The fraction of sp³-hybridized carbons (Fsp3) is 0.650. The lowest BCUT2D eigenvalue weighted by atomic mass is 10.1. The molecule has 0 bridgehead atoms. The highest BCUT2D eigenvalue weighted by Crippen LogP contribution is 2.29. The van der Waals surface area contributed by atoms with Crippen LogP contribution in [0.25, 0.3) is 0 Å². The molecule has 1 aromatic rings. The summed E-state index contributed by atoms with van der Waals surface area (Å²) in [5.74, 6) is 0.888. The van der Waals surface area contributed by atoms with Crippen LogP contribution in [0.5, 0.6) is 5.88 Å². The van der Waals surface area contributed by atoms with E-state index in [4.69, 9.17) is 4.74 Å². The molecule has 1 saturated heterocycles. The maximum atomic E-state index is 12.6. The van der Waals surface area contributed by atoms with Gasteiger partial charge in [0.1, 0.15) is 6.61 Å². The Balaban J connectivity index is 1.76. The molecule has 1 aliphatic heterocycles. The van der Waals surface area contributed by atoms with Crippen molar-refractivity contribution in [3.05, 3.63) is 23.9 Å². The Bertz CT molecular complexity index is 717. The minimum atomic E-state index is -4.42. The van der Waals surface area contributed by atoms with Crippen LogP contribution in [0, 0.1) is 0 Å². The lowest BCUT2D eigenvalue weighted by molar-refractivity contribution is -0.137. The van der Waals surface area contributed by atoms with E-state index >= 15 is 0 Å². The number of nitrogens with zero attached hydrogens (tertiary/aromatic N) is 4. The molecule has 0 radical (unpaired) electrons. The molecule has 1 aromatic heterocycles. The minimum Gasteiger partial charge on any atom is -0.476 e. The monoisotopic (exact) mass is 444 g/mol. The van der Waals surface area contributed by atoms with E-state index in [1.54, 1.807) is 19.0 Å². The fourth-order valence-corrected chi connectivity index (χ4v) is 3.02. The SMILES string of the molecule is CCNC(=NCCOc1ccc(C(F)(F)F)cn1)NC1CCN(CC(=O)N(C)C)CC1. The quantitative estimate of drug-likeness (QED) is 0.360. The number of alkyl halides is 3. The summed E-state index contributed by atoms with van der Waals surface area (Å²) in [6.07, 6.45) is -1.86. The molecule has 31 heavy (non-hydrogen) atoms. The third kappa shape index (κ3) is 8.60. The van der Waals surface area contributed by atoms with Gasteiger partial charge in [0.15, 0.2) is 5.96 Å². The van der Waals surface area contributed by atoms with E-state index in [-0.39, 0.29) is 24.4 Å². The van der Waals surface area contributed by atoms with Crippen LogP contribution < -0.4 is 15.4 Å². The van der Waals surface area contributed by atoms with Gasteiger partial charge in [-0.15, -0.1) is 0 Å². The van der Waals surface area contributed by atoms with E-state index in [1.165, 1.54) is 6.07 Å². The number of carbonyl (C=O) groups excluding carboxylic acids is 1. The molecule has 2 heterocycles. The number of aliphatic imine (C=N–C) groups is 1. The van der Waals surface area contributed by atoms with Gasteiger partial charge in [-0.25, -0.2) is 9.98 Å². The standard InChI is InChI=1S/C20H31F3N6O2/c1-4-24-19(27-16-7-10-29(11-8-16)14-18(30)28(2)3)25-9-12-31-17-6-5-15(13-26-17)20(21,22)23/h5-6,13,16H,4,7-12,14H2,1-3H3,(H2,24,25,27). The zero-order chi connectivity index (χ0) is 22.9. The average molecular weight is 445 g/mol. The number of likely N-dealkylation sites (tertiary alicyclic amines) is 1. The van der Waals surface area contributed by atoms with Crippen molar-refractivity contribution in [2.75, 3.05) is 53.4 Å². The van der Waals surface area contributed by atoms with E-state index in [0.29, 0.717) is 25.6 Å². The lowest BCUT2D eigenvalue weighted by Gasteiger charge is -2.33. The number of aromatic nitrogens is 1. The van der Waals surface area contributed by atoms with Crippen molar-refractivity contribution in [1.29, 1.82) is 0 Å². The molecule has 2 rings (SSSR count). The molecule has 11 heteroatoms. The number of likely N-dealkylation sites (N-methyl/N-ethyl adjacent to an activating group) is 1. The van der Waals surface area contributed by atoms with Crippen molar-refractivity contribution < 1.29 is 22.7 Å². The topological polar surface area (TPSA) is 82.1 Å². The van der Waals surface area contributed by atoms with Gasteiger partial charge in [0, 0.05) is 52.0 Å². The smallest absolute Gasteiger partial charge is 0.417 e. The molecule has 0 unspecified atom stereocenters. The van der Waals surface area contributed by atoms with E-state index in [9.17, 15) is 18.0 Å². The first-order valence-corrected chi connectivity index (χ1v) is 10.3. The first-order chi connectivity index (χ1) is 14.7. The van der Waals surface area contributed by atoms with Gasteiger partial charge in [0.2, 0.25) is 11.8 Å². The second kappa shape index (κ2) is 11.7. The van der Waals surface area contributed by atoms with Gasteiger partial charge >= 0.3 is 6.18 Å². The zero-order valence-corrected chi connectivity index (χ0v) is 18.2. The molecule has 0 atom stereocenters. The Kier molecular flexibility index (Phi) is 9.35. The normalized spacial score (nSPS) is 16.1. The first kappa shape index (κ1) is 24.7. The van der Waals surface area contributed by atoms with Crippen LogP contribution in [0.15, 0.2) is 23.3 Å². The Labute approximate surface area is 180 Å². The summed E-state index contributed by atoms with van der Waals surface area (Å²) in [5.41, 5.74) is -0.811. The number of guanidine groups is 1. The number of nitrogens with one attached hydrogen (secondary N) is 2. The maximum absolute atomic E-state index is 12.6. The molecule has 2 N–H and O–H groups in total. The highest BCUT2D eigenvalue weighted by Gasteiger charge is 2.30. The summed E-state index contributed by atoms with van der Waals surface area (Å²) >= 11 is 0. The fourth-order valence-electron chi connectivity index (χ4n) is 3.02. The third-order valence-electron chi connectivity index (χ3n) is 4.81. The summed E-state index contributed by atoms with van der Waals surface area (Å²) < 4.78 is 43.0. The van der Waals surface area contributed by atoms with Crippen LogP contribution in [0.1, 0.15) is 25.3 Å². The molecule has 1 aliphatic rings. The molecule has 1 amide bonds. The highest BCUT2D eigenvalue weighted by atomic mass is 19.4. The van der Waals surface area contributed by atoms with Crippen LogP contribution in [0.4, 0.5) is 13.2 Å². The van der Waals surface area contributed by atoms with E-state index < -0.39 is 11.7 Å². The lowest BCUT2D eigenvalue weighted by Crippen LogP contribution is -2.50. The number of ether oxygens (including phenoxy) is 1. The second-order valence-electron chi connectivity index (χ2n) is 7.47. The van der Waals surface area contributed by atoms with Crippen molar-refractivity contribution >= 4 is 11.9 Å². The molecule has 0 saturated carbocycles. The number of rotatable bonds is 8. The predicted molar refractivity (Wildman–Crippen MR) is 112 cm³/mol. The second-order valence-corrected chi connectivity index (χ2v) is 7.47. The zero-order valence-electron chi connectivity index (χ0n) is 18.2. The Morgan fingerprint density at radius 1 is 1.32 bits per heavy atom. The third-order valence-corrected chi connectivity index (χ3v) is 4.81. The Morgan fingerprint density at radius 3 is 2.58 bits per heavy atom. The van der Waals surface area contributed by atoms with Crippen molar-refractivity contribution in [3.8, 4) is 5.88 Å². The summed E-state index contributed by atoms with van der Waals surface area (Å²) in [4.78, 5) is 23.7. The summed E-state index contributed by atoms with van der Waals surface area (Å²) in [6, 6.07) is 2.39. The van der Waals surface area contributed by atoms with Crippen LogP contribution >= 0.6 is 0 Å². The summed E-state index contributed by atoms with van der Waals surface area (Å²) in [7, 11) is 3.51. The summed E-state index contributed by atoms with van der Waals surface area (Å²) in [6.45, 7) is 5.29. The summed E-state index contributed by atoms with van der Waals surface area (Å²) in [5, 5.41) is 6.58. The Hall–Kier alpha value is -2.56. The van der Waals surface area contributed by atoms with Crippen molar-refractivity contribution in [2.24, 2.45) is 4.99 Å². The highest BCUT2D eigenvalue weighted by molar-refractivity contribution is 5.80. The molecule has 1 fully saturated rings. The first-order valence-electron chi connectivity index (χ1n) is 10.3. The number of halogens is 3. The van der Waals surface area contributed by atoms with Gasteiger partial charge in [-0.2, -0.15) is 13.2 Å². The number of piperidine rings is 1. The van der Waals surface area contributed by atoms with Gasteiger partial charge in [-0.3, -0.25) is 9.69 Å². The maximum Gasteiger partial charge on any atom is 0.417 e. The molecule has 0 aromatic carbocycles. The number of pyridine rings is 1. The number of hydrogen-bond donors (Lipinski definition) is 2. The van der Waals surface area contributed by atoms with Crippen LogP contribution in [-0.2, 0) is 11.0 Å². The molecular formula is C20H31F3N6O2.